The largest absolute Gasteiger partial charge is 0.298 e. The van der Waals surface area contributed by atoms with Gasteiger partial charge < -0.3 is 0 Å². The summed E-state index contributed by atoms with van der Waals surface area (Å²) in [4.78, 5) is 11.1. The molecule has 14 heavy (non-hydrogen) atoms. The molecule has 0 amide bonds. The van der Waals surface area contributed by atoms with Crippen LogP contribution in [0.4, 0.5) is 0 Å². The molecule has 1 aromatic rings. The first kappa shape index (κ1) is 11.2. The number of hydrazine groups is 1. The van der Waals surface area contributed by atoms with E-state index in [9.17, 15) is 4.79 Å². The summed E-state index contributed by atoms with van der Waals surface area (Å²) in [5, 5.41) is 0.668. The van der Waals surface area contributed by atoms with Crippen LogP contribution in [-0.4, -0.2) is 11.8 Å². The van der Waals surface area contributed by atoms with E-state index < -0.39 is 0 Å². The highest BCUT2D eigenvalue weighted by molar-refractivity contribution is 6.30. The molecule has 1 rings (SSSR count). The minimum Gasteiger partial charge on any atom is -0.298 e. The van der Waals surface area contributed by atoms with Crippen LogP contribution in [0.5, 0.6) is 0 Å². The lowest BCUT2D eigenvalue weighted by atomic mass is 10.0. The van der Waals surface area contributed by atoms with Gasteiger partial charge in [0, 0.05) is 5.02 Å². The van der Waals surface area contributed by atoms with Gasteiger partial charge in [-0.05, 0) is 31.0 Å². The number of nitrogens with one attached hydrogen (secondary N) is 1. The van der Waals surface area contributed by atoms with E-state index in [0.29, 0.717) is 11.4 Å². The van der Waals surface area contributed by atoms with Gasteiger partial charge in [0.15, 0.2) is 0 Å². The molecule has 0 aliphatic rings. The SMILES string of the molecule is CC(=O)[C@@H](Cc1cccc(Cl)c1)NN. The van der Waals surface area contributed by atoms with Crippen molar-refractivity contribution in [1.82, 2.24) is 5.43 Å². The number of halogens is 1. The highest BCUT2D eigenvalue weighted by Crippen LogP contribution is 2.12. The first-order valence-corrected chi connectivity index (χ1v) is 4.72. The van der Waals surface area contributed by atoms with E-state index in [4.69, 9.17) is 17.4 Å². The third-order valence-corrected chi connectivity index (χ3v) is 2.26. The molecule has 0 fully saturated rings. The maximum Gasteiger partial charge on any atom is 0.148 e. The average Bonchev–Trinajstić information content (AvgIpc) is 2.14. The maximum absolute atomic E-state index is 11.1. The van der Waals surface area contributed by atoms with Crippen molar-refractivity contribution in [2.45, 2.75) is 19.4 Å². The molecule has 0 spiro atoms. The summed E-state index contributed by atoms with van der Waals surface area (Å²) in [6.45, 7) is 1.51. The van der Waals surface area contributed by atoms with Gasteiger partial charge in [0.25, 0.3) is 0 Å². The molecular formula is C10H13ClN2O. The van der Waals surface area contributed by atoms with E-state index >= 15 is 0 Å². The third kappa shape index (κ3) is 3.10. The van der Waals surface area contributed by atoms with E-state index in [2.05, 4.69) is 5.43 Å². The predicted octanol–water partition coefficient (Wildman–Crippen LogP) is 1.30. The van der Waals surface area contributed by atoms with Crippen molar-refractivity contribution in [2.24, 2.45) is 5.84 Å². The number of nitrogens with two attached hydrogens (primary N) is 1. The molecule has 0 aromatic heterocycles. The Morgan fingerprint density at radius 1 is 1.64 bits per heavy atom. The Kier molecular flexibility index (Phi) is 4.07. The lowest BCUT2D eigenvalue weighted by molar-refractivity contribution is -0.118. The van der Waals surface area contributed by atoms with Crippen LogP contribution < -0.4 is 11.3 Å². The van der Waals surface area contributed by atoms with E-state index in [1.54, 1.807) is 6.07 Å². The van der Waals surface area contributed by atoms with Gasteiger partial charge in [0.2, 0.25) is 0 Å². The highest BCUT2D eigenvalue weighted by atomic mass is 35.5. The second-order valence-corrected chi connectivity index (χ2v) is 3.60. The van der Waals surface area contributed by atoms with E-state index in [-0.39, 0.29) is 11.8 Å². The number of carbonyl (C=O) groups excluding carboxylic acids is 1. The van der Waals surface area contributed by atoms with Gasteiger partial charge in [-0.2, -0.15) is 0 Å². The van der Waals surface area contributed by atoms with Crippen molar-refractivity contribution in [3.8, 4) is 0 Å². The molecule has 0 saturated carbocycles. The summed E-state index contributed by atoms with van der Waals surface area (Å²) in [6, 6.07) is 7.05. The minimum absolute atomic E-state index is 0.0208. The molecule has 0 aliphatic carbocycles. The Balaban J connectivity index is 2.72. The Morgan fingerprint density at radius 3 is 2.86 bits per heavy atom. The van der Waals surface area contributed by atoms with Crippen LogP contribution in [0.15, 0.2) is 24.3 Å². The number of carbonyl (C=O) groups is 1. The zero-order valence-electron chi connectivity index (χ0n) is 7.96. The van der Waals surface area contributed by atoms with Gasteiger partial charge in [0.1, 0.15) is 5.78 Å². The van der Waals surface area contributed by atoms with Crippen LogP contribution >= 0.6 is 11.6 Å². The fourth-order valence-electron chi connectivity index (χ4n) is 1.22. The molecule has 0 unspecified atom stereocenters. The molecule has 1 aromatic carbocycles. The summed E-state index contributed by atoms with van der Waals surface area (Å²) in [6.07, 6.45) is 0.562. The van der Waals surface area contributed by atoms with Gasteiger partial charge in [0.05, 0.1) is 6.04 Å². The zero-order chi connectivity index (χ0) is 10.6. The van der Waals surface area contributed by atoms with Crippen LogP contribution in [0.3, 0.4) is 0 Å². The smallest absolute Gasteiger partial charge is 0.148 e. The number of hydrogen-bond donors (Lipinski definition) is 2. The maximum atomic E-state index is 11.1. The average molecular weight is 213 g/mol. The third-order valence-electron chi connectivity index (χ3n) is 2.02. The summed E-state index contributed by atoms with van der Waals surface area (Å²) in [5.74, 6) is 5.28. The molecule has 4 heteroatoms. The minimum atomic E-state index is -0.339. The molecule has 0 saturated heterocycles. The van der Waals surface area contributed by atoms with Crippen LogP contribution in [0.25, 0.3) is 0 Å². The fraction of sp³-hybridized carbons (Fsp3) is 0.300. The lowest BCUT2D eigenvalue weighted by Gasteiger charge is -2.12. The molecule has 3 N–H and O–H groups in total. The quantitative estimate of drug-likeness (QED) is 0.585. The number of Topliss-reactive ketones (excluding diaryl/α,β-unsaturated/α-hetero) is 1. The zero-order valence-corrected chi connectivity index (χ0v) is 8.71. The molecule has 3 nitrogen and oxygen atoms in total. The normalized spacial score (nSPS) is 12.5. The van der Waals surface area contributed by atoms with Gasteiger partial charge in [-0.1, -0.05) is 23.7 Å². The molecule has 0 bridgehead atoms. The number of rotatable bonds is 4. The van der Waals surface area contributed by atoms with Crippen molar-refractivity contribution in [3.63, 3.8) is 0 Å². The number of hydrogen-bond acceptors (Lipinski definition) is 3. The standard InChI is InChI=1S/C10H13ClN2O/c1-7(14)10(13-12)6-8-3-2-4-9(11)5-8/h2-5,10,13H,6,12H2,1H3/t10-/m1/s1. The molecule has 76 valence electrons. The predicted molar refractivity (Wildman–Crippen MR) is 56.9 cm³/mol. The van der Waals surface area contributed by atoms with Gasteiger partial charge in [-0.25, -0.2) is 5.43 Å². The first-order chi connectivity index (χ1) is 6.63. The summed E-state index contributed by atoms with van der Waals surface area (Å²) < 4.78 is 0. The topological polar surface area (TPSA) is 55.1 Å². The van der Waals surface area contributed by atoms with Crippen LogP contribution in [-0.2, 0) is 11.2 Å². The second kappa shape index (κ2) is 5.10. The summed E-state index contributed by atoms with van der Waals surface area (Å²) >= 11 is 5.81. The van der Waals surface area contributed by atoms with E-state index in [1.807, 2.05) is 18.2 Å². The Morgan fingerprint density at radius 2 is 2.36 bits per heavy atom. The second-order valence-electron chi connectivity index (χ2n) is 3.16. The van der Waals surface area contributed by atoms with Crippen molar-refractivity contribution in [1.29, 1.82) is 0 Å². The molecule has 0 aliphatic heterocycles. The first-order valence-electron chi connectivity index (χ1n) is 4.34. The van der Waals surface area contributed by atoms with Crippen molar-refractivity contribution in [2.75, 3.05) is 0 Å². The summed E-state index contributed by atoms with van der Waals surface area (Å²) in [7, 11) is 0. The monoisotopic (exact) mass is 212 g/mol. The van der Waals surface area contributed by atoms with Crippen molar-refractivity contribution < 1.29 is 4.79 Å². The van der Waals surface area contributed by atoms with Crippen molar-refractivity contribution in [3.05, 3.63) is 34.9 Å². The number of benzene rings is 1. The highest BCUT2D eigenvalue weighted by Gasteiger charge is 2.12. The molecular weight excluding hydrogens is 200 g/mol. The molecule has 0 heterocycles. The van der Waals surface area contributed by atoms with Gasteiger partial charge >= 0.3 is 0 Å². The Bertz CT molecular complexity index is 328. The molecule has 1 atom stereocenters. The van der Waals surface area contributed by atoms with Crippen LogP contribution in [0.1, 0.15) is 12.5 Å². The molecule has 0 radical (unpaired) electrons. The van der Waals surface area contributed by atoms with E-state index in [1.165, 1.54) is 6.92 Å². The number of ketones is 1. The fourth-order valence-corrected chi connectivity index (χ4v) is 1.43. The Hall–Kier alpha value is -0.900. The van der Waals surface area contributed by atoms with E-state index in [0.717, 1.165) is 5.56 Å². The summed E-state index contributed by atoms with van der Waals surface area (Å²) in [5.41, 5.74) is 3.47. The van der Waals surface area contributed by atoms with Gasteiger partial charge in [-0.3, -0.25) is 10.6 Å². The van der Waals surface area contributed by atoms with Crippen molar-refractivity contribution >= 4 is 17.4 Å². The van der Waals surface area contributed by atoms with Gasteiger partial charge in [-0.15, -0.1) is 0 Å². The lowest BCUT2D eigenvalue weighted by Crippen LogP contribution is -2.41. The van der Waals surface area contributed by atoms with Crippen LogP contribution in [0, 0.1) is 0 Å². The van der Waals surface area contributed by atoms with Crippen LogP contribution in [0.2, 0.25) is 5.02 Å². The Labute approximate surface area is 88.2 Å².